The number of carbonyl (C=O) groups is 2. The first-order chi connectivity index (χ1) is 10.0. The molecule has 6 nitrogen and oxygen atoms in total. The van der Waals surface area contributed by atoms with E-state index in [-0.39, 0.29) is 24.3 Å². The highest BCUT2D eigenvalue weighted by Gasteiger charge is 2.29. The van der Waals surface area contributed by atoms with Crippen LogP contribution in [0.5, 0.6) is 11.5 Å². The van der Waals surface area contributed by atoms with E-state index in [1.165, 1.54) is 14.2 Å². The molecule has 1 fully saturated rings. The highest BCUT2D eigenvalue weighted by Crippen LogP contribution is 2.35. The Morgan fingerprint density at radius 3 is 2.48 bits per heavy atom. The first-order valence-electron chi connectivity index (χ1n) is 6.54. The Balaban J connectivity index is 1.99. The molecule has 0 unspecified atom stereocenters. The van der Waals surface area contributed by atoms with Gasteiger partial charge in [0.15, 0.2) is 0 Å². The molecule has 0 saturated heterocycles. The number of carbonyl (C=O) groups excluding carboxylic acids is 2. The highest BCUT2D eigenvalue weighted by molar-refractivity contribution is 6.32. The van der Waals surface area contributed by atoms with Gasteiger partial charge in [-0.25, -0.2) is 0 Å². The van der Waals surface area contributed by atoms with Crippen LogP contribution in [0, 0.1) is 5.92 Å². The SMILES string of the molecule is COc1cc(NC(=O)CNC(=O)C2CC2)c(OC)cc1Cl. The van der Waals surface area contributed by atoms with E-state index in [2.05, 4.69) is 10.6 Å². The lowest BCUT2D eigenvalue weighted by Crippen LogP contribution is -2.33. The molecule has 0 aromatic heterocycles. The largest absolute Gasteiger partial charge is 0.495 e. The maximum Gasteiger partial charge on any atom is 0.243 e. The van der Waals surface area contributed by atoms with Gasteiger partial charge in [-0.3, -0.25) is 9.59 Å². The van der Waals surface area contributed by atoms with Crippen molar-refractivity contribution < 1.29 is 19.1 Å². The number of halogens is 1. The zero-order valence-electron chi connectivity index (χ0n) is 11.9. The minimum absolute atomic E-state index is 0.0722. The van der Waals surface area contributed by atoms with Crippen molar-refractivity contribution in [1.82, 2.24) is 5.32 Å². The van der Waals surface area contributed by atoms with Gasteiger partial charge < -0.3 is 20.1 Å². The summed E-state index contributed by atoms with van der Waals surface area (Å²) in [5.74, 6) is 0.498. The number of hydrogen-bond acceptors (Lipinski definition) is 4. The minimum Gasteiger partial charge on any atom is -0.495 e. The maximum atomic E-state index is 11.9. The van der Waals surface area contributed by atoms with E-state index in [1.54, 1.807) is 12.1 Å². The van der Waals surface area contributed by atoms with Crippen LogP contribution in [0.25, 0.3) is 0 Å². The molecule has 0 heterocycles. The van der Waals surface area contributed by atoms with Gasteiger partial charge in [-0.2, -0.15) is 0 Å². The molecule has 0 spiro atoms. The van der Waals surface area contributed by atoms with Gasteiger partial charge in [-0.15, -0.1) is 0 Å². The summed E-state index contributed by atoms with van der Waals surface area (Å²) in [6.07, 6.45) is 1.80. The second-order valence-corrected chi connectivity index (χ2v) is 5.13. The van der Waals surface area contributed by atoms with E-state index in [0.29, 0.717) is 22.2 Å². The summed E-state index contributed by atoms with van der Waals surface area (Å²) in [6, 6.07) is 3.13. The third-order valence-electron chi connectivity index (χ3n) is 3.12. The molecule has 2 rings (SSSR count). The first-order valence-corrected chi connectivity index (χ1v) is 6.92. The van der Waals surface area contributed by atoms with Crippen molar-refractivity contribution in [2.24, 2.45) is 5.92 Å². The fraction of sp³-hybridized carbons (Fsp3) is 0.429. The Labute approximate surface area is 127 Å². The Kier molecular flexibility index (Phi) is 4.90. The number of benzene rings is 1. The highest BCUT2D eigenvalue weighted by atomic mass is 35.5. The molecule has 1 aliphatic rings. The van der Waals surface area contributed by atoms with Gasteiger partial charge in [0.25, 0.3) is 0 Å². The van der Waals surface area contributed by atoms with Crippen molar-refractivity contribution in [3.63, 3.8) is 0 Å². The van der Waals surface area contributed by atoms with E-state index in [4.69, 9.17) is 21.1 Å². The monoisotopic (exact) mass is 312 g/mol. The van der Waals surface area contributed by atoms with Crippen LogP contribution in [-0.4, -0.2) is 32.6 Å². The second-order valence-electron chi connectivity index (χ2n) is 4.73. The van der Waals surface area contributed by atoms with Crippen LogP contribution in [0.4, 0.5) is 5.69 Å². The summed E-state index contributed by atoms with van der Waals surface area (Å²) >= 11 is 5.99. The molecule has 21 heavy (non-hydrogen) atoms. The van der Waals surface area contributed by atoms with Crippen LogP contribution in [-0.2, 0) is 9.59 Å². The lowest BCUT2D eigenvalue weighted by Gasteiger charge is -2.13. The van der Waals surface area contributed by atoms with Crippen molar-refractivity contribution >= 4 is 29.1 Å². The van der Waals surface area contributed by atoms with Crippen molar-refractivity contribution in [1.29, 1.82) is 0 Å². The van der Waals surface area contributed by atoms with Crippen LogP contribution in [0.1, 0.15) is 12.8 Å². The van der Waals surface area contributed by atoms with Crippen LogP contribution in [0.2, 0.25) is 5.02 Å². The molecule has 2 N–H and O–H groups in total. The van der Waals surface area contributed by atoms with Gasteiger partial charge in [0.05, 0.1) is 31.5 Å². The van der Waals surface area contributed by atoms with Crippen LogP contribution < -0.4 is 20.1 Å². The van der Waals surface area contributed by atoms with Crippen molar-refractivity contribution in [2.45, 2.75) is 12.8 Å². The van der Waals surface area contributed by atoms with E-state index in [9.17, 15) is 9.59 Å². The van der Waals surface area contributed by atoms with Crippen LogP contribution >= 0.6 is 11.6 Å². The second kappa shape index (κ2) is 6.67. The standard InChI is InChI=1S/C14H17ClN2O4/c1-20-11-6-10(12(21-2)5-9(11)15)17-13(18)7-16-14(19)8-3-4-8/h5-6,8H,3-4,7H2,1-2H3,(H,16,19)(H,17,18). The summed E-state index contributed by atoms with van der Waals surface area (Å²) in [5, 5.41) is 5.64. The molecule has 2 amide bonds. The molecule has 1 saturated carbocycles. The van der Waals surface area contributed by atoms with Crippen molar-refractivity contribution in [2.75, 3.05) is 26.1 Å². The molecule has 1 aliphatic carbocycles. The number of amides is 2. The number of methoxy groups -OCH3 is 2. The normalized spacial score (nSPS) is 13.5. The number of ether oxygens (including phenoxy) is 2. The predicted octanol–water partition coefficient (Wildman–Crippen LogP) is 1.82. The zero-order chi connectivity index (χ0) is 15.4. The Morgan fingerprint density at radius 1 is 1.24 bits per heavy atom. The van der Waals surface area contributed by atoms with Crippen LogP contribution in [0.15, 0.2) is 12.1 Å². The summed E-state index contributed by atoms with van der Waals surface area (Å²) in [6.45, 7) is -0.0799. The molecule has 0 aliphatic heterocycles. The van der Waals surface area contributed by atoms with Gasteiger partial charge in [-0.1, -0.05) is 11.6 Å². The smallest absolute Gasteiger partial charge is 0.243 e. The molecular weight excluding hydrogens is 296 g/mol. The van der Waals surface area contributed by atoms with Gasteiger partial charge in [0.2, 0.25) is 11.8 Å². The lowest BCUT2D eigenvalue weighted by atomic mass is 10.2. The quantitative estimate of drug-likeness (QED) is 0.840. The molecular formula is C14H17ClN2O4. The predicted molar refractivity (Wildman–Crippen MR) is 78.9 cm³/mol. The van der Waals surface area contributed by atoms with E-state index < -0.39 is 0 Å². The molecule has 114 valence electrons. The molecule has 1 aromatic rings. The Bertz CT molecular complexity index is 558. The van der Waals surface area contributed by atoms with E-state index in [0.717, 1.165) is 12.8 Å². The maximum absolute atomic E-state index is 11.9. The summed E-state index contributed by atoms with van der Waals surface area (Å²) < 4.78 is 10.3. The minimum atomic E-state index is -0.341. The summed E-state index contributed by atoms with van der Waals surface area (Å²) in [5.41, 5.74) is 0.435. The number of hydrogen-bond donors (Lipinski definition) is 2. The molecule has 0 atom stereocenters. The van der Waals surface area contributed by atoms with Crippen molar-refractivity contribution in [3.8, 4) is 11.5 Å². The summed E-state index contributed by atoms with van der Waals surface area (Å²) in [4.78, 5) is 23.3. The average Bonchev–Trinajstić information content (AvgIpc) is 3.30. The van der Waals surface area contributed by atoms with Gasteiger partial charge in [0, 0.05) is 18.1 Å². The molecule has 7 heteroatoms. The lowest BCUT2D eigenvalue weighted by molar-refractivity contribution is -0.125. The number of rotatable bonds is 6. The third kappa shape index (κ3) is 4.01. The number of nitrogens with one attached hydrogen (secondary N) is 2. The van der Waals surface area contributed by atoms with E-state index in [1.807, 2.05) is 0 Å². The third-order valence-corrected chi connectivity index (χ3v) is 3.41. The molecule has 1 aromatic carbocycles. The number of anilines is 1. The first kappa shape index (κ1) is 15.4. The average molecular weight is 313 g/mol. The van der Waals surface area contributed by atoms with Crippen LogP contribution in [0.3, 0.4) is 0 Å². The molecule has 0 radical (unpaired) electrons. The zero-order valence-corrected chi connectivity index (χ0v) is 12.6. The van der Waals surface area contributed by atoms with Gasteiger partial charge in [-0.05, 0) is 12.8 Å². The van der Waals surface area contributed by atoms with Gasteiger partial charge in [0.1, 0.15) is 11.5 Å². The van der Waals surface area contributed by atoms with E-state index >= 15 is 0 Å². The topological polar surface area (TPSA) is 76.7 Å². The molecule has 0 bridgehead atoms. The van der Waals surface area contributed by atoms with Gasteiger partial charge >= 0.3 is 0 Å². The fourth-order valence-corrected chi connectivity index (χ4v) is 2.04. The Hall–Kier alpha value is -1.95. The Morgan fingerprint density at radius 2 is 1.90 bits per heavy atom. The van der Waals surface area contributed by atoms with Crippen molar-refractivity contribution in [3.05, 3.63) is 17.2 Å². The fourth-order valence-electron chi connectivity index (χ4n) is 1.81. The summed E-state index contributed by atoms with van der Waals surface area (Å²) in [7, 11) is 2.96.